The molecule has 0 saturated carbocycles. The van der Waals surface area contributed by atoms with Gasteiger partial charge in [-0.2, -0.15) is 0 Å². The van der Waals surface area contributed by atoms with E-state index in [9.17, 15) is 9.59 Å². The lowest BCUT2D eigenvalue weighted by Crippen LogP contribution is -2.54. The minimum atomic E-state index is -0.416. The first-order valence-corrected chi connectivity index (χ1v) is 13.7. The second-order valence-electron chi connectivity index (χ2n) is 10.0. The summed E-state index contributed by atoms with van der Waals surface area (Å²) in [6.45, 7) is 7.32. The summed E-state index contributed by atoms with van der Waals surface area (Å²) in [7, 11) is 3.23. The van der Waals surface area contributed by atoms with Crippen molar-refractivity contribution in [3.8, 4) is 11.5 Å². The van der Waals surface area contributed by atoms with Gasteiger partial charge in [-0.25, -0.2) is 4.79 Å². The number of piperidine rings is 1. The van der Waals surface area contributed by atoms with Crippen LogP contribution in [0, 0.1) is 5.92 Å². The molecule has 1 heterocycles. The number of hydrogen-bond acceptors (Lipinski definition) is 7. The van der Waals surface area contributed by atoms with E-state index in [1.165, 1.54) is 0 Å². The second kappa shape index (κ2) is 16.0. The van der Waals surface area contributed by atoms with Crippen LogP contribution >= 0.6 is 0 Å². The van der Waals surface area contributed by atoms with Crippen molar-refractivity contribution in [3.63, 3.8) is 0 Å². The van der Waals surface area contributed by atoms with Crippen LogP contribution in [0.3, 0.4) is 0 Å². The van der Waals surface area contributed by atoms with Gasteiger partial charge < -0.3 is 34.5 Å². The minimum absolute atomic E-state index is 0.0153. The molecule has 0 spiro atoms. The highest BCUT2D eigenvalue weighted by atomic mass is 16.5. The molecule has 2 N–H and O–H groups in total. The molecule has 2 atom stereocenters. The molecule has 9 heteroatoms. The van der Waals surface area contributed by atoms with Crippen molar-refractivity contribution in [2.24, 2.45) is 5.92 Å². The average Bonchev–Trinajstić information content (AvgIpc) is 2.95. The Morgan fingerprint density at radius 3 is 2.56 bits per heavy atom. The van der Waals surface area contributed by atoms with E-state index in [0.717, 1.165) is 31.4 Å². The zero-order valence-corrected chi connectivity index (χ0v) is 23.6. The Balaban J connectivity index is 1.56. The maximum atomic E-state index is 13.7. The van der Waals surface area contributed by atoms with E-state index in [2.05, 4.69) is 10.6 Å². The van der Waals surface area contributed by atoms with Gasteiger partial charge in [0, 0.05) is 63.3 Å². The molecule has 0 aliphatic carbocycles. The van der Waals surface area contributed by atoms with Crippen LogP contribution in [0.4, 0.5) is 4.79 Å². The van der Waals surface area contributed by atoms with Crippen molar-refractivity contribution in [1.82, 2.24) is 15.5 Å². The van der Waals surface area contributed by atoms with Gasteiger partial charge in [0.2, 0.25) is 0 Å². The summed E-state index contributed by atoms with van der Waals surface area (Å²) in [5, 5.41) is 6.25. The van der Waals surface area contributed by atoms with Crippen molar-refractivity contribution in [2.75, 3.05) is 53.7 Å². The average molecular weight is 542 g/mol. The standard InChI is InChI=1S/C30H43N3O6/c1-22(2)33(29(34)25-11-12-27(37-4)28(18-25)38-16-8-15-36-3)26-17-24(19-31-20-26)21-39-30(35)32-14-13-23-9-6-5-7-10-23/h5-7,9-12,18,22,24,26,31H,8,13-17,19-21H2,1-4H3,(H,32,35). The number of amides is 2. The molecule has 0 radical (unpaired) electrons. The SMILES string of the molecule is COCCCOc1cc(C(=O)N(C(C)C)C2CNCC(COC(=O)NCCc3ccccc3)C2)ccc1OC. The first kappa shape index (κ1) is 30.2. The number of methoxy groups -OCH3 is 2. The summed E-state index contributed by atoms with van der Waals surface area (Å²) >= 11 is 0. The summed E-state index contributed by atoms with van der Waals surface area (Å²) < 4.78 is 21.9. The quantitative estimate of drug-likeness (QED) is 0.350. The van der Waals surface area contributed by atoms with E-state index in [0.29, 0.717) is 50.0 Å². The van der Waals surface area contributed by atoms with E-state index in [1.54, 1.807) is 32.4 Å². The lowest BCUT2D eigenvalue weighted by atomic mass is 9.94. The second-order valence-corrected chi connectivity index (χ2v) is 10.0. The molecule has 1 fully saturated rings. The Bertz CT molecular complexity index is 1030. The van der Waals surface area contributed by atoms with Gasteiger partial charge in [0.1, 0.15) is 0 Å². The van der Waals surface area contributed by atoms with Crippen LogP contribution in [-0.4, -0.2) is 82.7 Å². The van der Waals surface area contributed by atoms with Crippen molar-refractivity contribution in [2.45, 2.75) is 45.2 Å². The fraction of sp³-hybridized carbons (Fsp3) is 0.533. The zero-order valence-electron chi connectivity index (χ0n) is 23.6. The molecule has 2 amide bonds. The molecular weight excluding hydrogens is 498 g/mol. The third kappa shape index (κ3) is 9.44. The Hall–Kier alpha value is -3.30. The number of hydrogen-bond donors (Lipinski definition) is 2. The number of benzene rings is 2. The lowest BCUT2D eigenvalue weighted by Gasteiger charge is -2.40. The van der Waals surface area contributed by atoms with Gasteiger partial charge in [-0.3, -0.25) is 4.79 Å². The monoisotopic (exact) mass is 541 g/mol. The summed E-state index contributed by atoms with van der Waals surface area (Å²) in [6.07, 6.45) is 1.81. The van der Waals surface area contributed by atoms with Gasteiger partial charge in [0.05, 0.1) is 20.3 Å². The molecule has 1 aliphatic heterocycles. The van der Waals surface area contributed by atoms with E-state index in [4.69, 9.17) is 18.9 Å². The van der Waals surface area contributed by atoms with Crippen LogP contribution in [0.2, 0.25) is 0 Å². The highest BCUT2D eigenvalue weighted by Gasteiger charge is 2.32. The predicted molar refractivity (Wildman–Crippen MR) is 151 cm³/mol. The maximum Gasteiger partial charge on any atom is 0.407 e. The molecule has 39 heavy (non-hydrogen) atoms. The summed E-state index contributed by atoms with van der Waals surface area (Å²) in [5.41, 5.74) is 1.71. The van der Waals surface area contributed by atoms with Gasteiger partial charge in [0.15, 0.2) is 11.5 Å². The Morgan fingerprint density at radius 2 is 1.85 bits per heavy atom. The molecule has 2 aromatic carbocycles. The third-order valence-corrected chi connectivity index (χ3v) is 6.74. The lowest BCUT2D eigenvalue weighted by molar-refractivity contribution is 0.0478. The van der Waals surface area contributed by atoms with E-state index in [-0.39, 0.29) is 23.9 Å². The summed E-state index contributed by atoms with van der Waals surface area (Å²) in [6, 6.07) is 15.2. The number of ether oxygens (including phenoxy) is 4. The van der Waals surface area contributed by atoms with Crippen molar-refractivity contribution >= 4 is 12.0 Å². The number of carbonyl (C=O) groups excluding carboxylic acids is 2. The normalized spacial score (nSPS) is 16.9. The fourth-order valence-corrected chi connectivity index (χ4v) is 4.82. The molecule has 3 rings (SSSR count). The van der Waals surface area contributed by atoms with Gasteiger partial charge >= 0.3 is 6.09 Å². The molecule has 1 aliphatic rings. The van der Waals surface area contributed by atoms with Crippen LogP contribution in [-0.2, 0) is 15.9 Å². The fourth-order valence-electron chi connectivity index (χ4n) is 4.82. The largest absolute Gasteiger partial charge is 0.493 e. The molecule has 214 valence electrons. The zero-order chi connectivity index (χ0) is 28.0. The van der Waals surface area contributed by atoms with Crippen LogP contribution in [0.5, 0.6) is 11.5 Å². The number of alkyl carbamates (subject to hydrolysis) is 1. The number of carbonyl (C=O) groups is 2. The van der Waals surface area contributed by atoms with Crippen LogP contribution in [0.1, 0.15) is 42.6 Å². The Kier molecular flexibility index (Phi) is 12.4. The van der Waals surface area contributed by atoms with Gasteiger partial charge in [-0.1, -0.05) is 30.3 Å². The van der Waals surface area contributed by atoms with E-state index in [1.807, 2.05) is 49.1 Å². The molecule has 1 saturated heterocycles. The van der Waals surface area contributed by atoms with Crippen LogP contribution in [0.15, 0.2) is 48.5 Å². The molecule has 2 aromatic rings. The van der Waals surface area contributed by atoms with Gasteiger partial charge in [0.25, 0.3) is 5.91 Å². The van der Waals surface area contributed by atoms with Crippen LogP contribution < -0.4 is 20.1 Å². The van der Waals surface area contributed by atoms with Crippen molar-refractivity contribution in [1.29, 1.82) is 0 Å². The summed E-state index contributed by atoms with van der Waals surface area (Å²) in [4.78, 5) is 27.9. The van der Waals surface area contributed by atoms with Crippen molar-refractivity contribution in [3.05, 3.63) is 59.7 Å². The number of nitrogens with zero attached hydrogens (tertiary/aromatic N) is 1. The first-order chi connectivity index (χ1) is 18.9. The van der Waals surface area contributed by atoms with E-state index >= 15 is 0 Å². The Morgan fingerprint density at radius 1 is 1.05 bits per heavy atom. The minimum Gasteiger partial charge on any atom is -0.493 e. The highest BCUT2D eigenvalue weighted by Crippen LogP contribution is 2.30. The topological polar surface area (TPSA) is 98.4 Å². The Labute approximate surface area is 232 Å². The summed E-state index contributed by atoms with van der Waals surface area (Å²) in [5.74, 6) is 1.16. The molecule has 0 bridgehead atoms. The van der Waals surface area contributed by atoms with Crippen molar-refractivity contribution < 1.29 is 28.5 Å². The first-order valence-electron chi connectivity index (χ1n) is 13.7. The highest BCUT2D eigenvalue weighted by molar-refractivity contribution is 5.95. The molecule has 9 nitrogen and oxygen atoms in total. The third-order valence-electron chi connectivity index (χ3n) is 6.74. The molecule has 2 unspecified atom stereocenters. The molecule has 0 aromatic heterocycles. The number of rotatable bonds is 14. The van der Waals surface area contributed by atoms with Gasteiger partial charge in [-0.05, 0) is 50.5 Å². The smallest absolute Gasteiger partial charge is 0.407 e. The predicted octanol–water partition coefficient (Wildman–Crippen LogP) is 3.91. The maximum absolute atomic E-state index is 13.7. The van der Waals surface area contributed by atoms with Gasteiger partial charge in [-0.15, -0.1) is 0 Å². The molecular formula is C30H43N3O6. The number of nitrogens with one attached hydrogen (secondary N) is 2. The van der Waals surface area contributed by atoms with E-state index < -0.39 is 6.09 Å². The van der Waals surface area contributed by atoms with Crippen LogP contribution in [0.25, 0.3) is 0 Å².